The van der Waals surface area contributed by atoms with Crippen molar-refractivity contribution >= 4 is 0 Å². The van der Waals surface area contributed by atoms with Crippen LogP contribution in [0, 0.1) is 23.7 Å². The number of rotatable bonds is 0. The van der Waals surface area contributed by atoms with Gasteiger partial charge in [0.1, 0.15) is 0 Å². The maximum absolute atomic E-state index is 2.57. The zero-order valence-corrected chi connectivity index (χ0v) is 9.22. The zero-order valence-electron chi connectivity index (χ0n) is 9.22. The van der Waals surface area contributed by atoms with Crippen molar-refractivity contribution in [3.63, 3.8) is 0 Å². The third-order valence-electron chi connectivity index (χ3n) is 4.18. The smallest absolute Gasteiger partial charge is 0.0200 e. The number of hydrogen-bond donors (Lipinski definition) is 0. The van der Waals surface area contributed by atoms with Gasteiger partial charge in [0.2, 0.25) is 0 Å². The number of allylic oxidation sites excluding steroid dienone is 2. The van der Waals surface area contributed by atoms with E-state index in [1.807, 2.05) is 0 Å². The van der Waals surface area contributed by atoms with Gasteiger partial charge in [0.15, 0.2) is 0 Å². The molecule has 1 fully saturated rings. The SMILES string of the molecule is CC1C=C2CC(C)C(C)CC2CC1. The van der Waals surface area contributed by atoms with E-state index in [0.29, 0.717) is 0 Å². The minimum Gasteiger partial charge on any atom is -0.0822 e. The summed E-state index contributed by atoms with van der Waals surface area (Å²) in [6, 6.07) is 0. The Hall–Kier alpha value is -0.260. The summed E-state index contributed by atoms with van der Waals surface area (Å²) in [5.41, 5.74) is 1.80. The number of fused-ring (bicyclic) bond motifs is 1. The molecule has 0 heteroatoms. The van der Waals surface area contributed by atoms with Crippen LogP contribution in [0.4, 0.5) is 0 Å². The Kier molecular flexibility index (Phi) is 2.49. The molecule has 0 saturated heterocycles. The van der Waals surface area contributed by atoms with Gasteiger partial charge in [0.05, 0.1) is 0 Å². The highest BCUT2D eigenvalue weighted by Crippen LogP contribution is 2.43. The van der Waals surface area contributed by atoms with Crippen LogP contribution in [-0.4, -0.2) is 0 Å². The first kappa shape index (κ1) is 9.30. The molecule has 4 atom stereocenters. The molecule has 0 bridgehead atoms. The highest BCUT2D eigenvalue weighted by atomic mass is 14.4. The van der Waals surface area contributed by atoms with E-state index in [1.165, 1.54) is 25.7 Å². The van der Waals surface area contributed by atoms with Crippen LogP contribution in [0.1, 0.15) is 46.5 Å². The second kappa shape index (κ2) is 3.48. The van der Waals surface area contributed by atoms with Gasteiger partial charge in [0.25, 0.3) is 0 Å². The molecule has 1 saturated carbocycles. The molecule has 0 aromatic heterocycles. The van der Waals surface area contributed by atoms with Gasteiger partial charge in [-0.3, -0.25) is 0 Å². The average Bonchev–Trinajstić information content (AvgIpc) is 2.08. The summed E-state index contributed by atoms with van der Waals surface area (Å²) >= 11 is 0. The largest absolute Gasteiger partial charge is 0.0822 e. The molecule has 0 amide bonds. The molecule has 2 aliphatic rings. The van der Waals surface area contributed by atoms with Crippen molar-refractivity contribution in [2.24, 2.45) is 23.7 Å². The standard InChI is InChI=1S/C13H22/c1-9-4-5-12-7-10(2)11(3)8-13(12)6-9/h6,9-12H,4-5,7-8H2,1-3H3. The molecular formula is C13H22. The van der Waals surface area contributed by atoms with Crippen LogP contribution in [0.3, 0.4) is 0 Å². The fraction of sp³-hybridized carbons (Fsp3) is 0.846. The van der Waals surface area contributed by atoms with E-state index in [9.17, 15) is 0 Å². The van der Waals surface area contributed by atoms with E-state index in [2.05, 4.69) is 26.8 Å². The van der Waals surface area contributed by atoms with Gasteiger partial charge in [-0.15, -0.1) is 0 Å². The predicted octanol–water partition coefficient (Wildman–Crippen LogP) is 4.02. The quantitative estimate of drug-likeness (QED) is 0.491. The third kappa shape index (κ3) is 1.82. The average molecular weight is 178 g/mol. The zero-order chi connectivity index (χ0) is 9.42. The molecular weight excluding hydrogens is 156 g/mol. The normalized spacial score (nSPS) is 45.3. The molecule has 4 unspecified atom stereocenters. The molecule has 0 heterocycles. The Morgan fingerprint density at radius 2 is 1.85 bits per heavy atom. The van der Waals surface area contributed by atoms with Gasteiger partial charge in [0, 0.05) is 0 Å². The maximum atomic E-state index is 2.57. The van der Waals surface area contributed by atoms with Crippen molar-refractivity contribution in [3.05, 3.63) is 11.6 Å². The minimum atomic E-state index is 0.854. The lowest BCUT2D eigenvalue weighted by Crippen LogP contribution is -2.26. The first-order chi connectivity index (χ1) is 6.16. The molecule has 0 spiro atoms. The highest BCUT2D eigenvalue weighted by molar-refractivity contribution is 5.15. The summed E-state index contributed by atoms with van der Waals surface area (Å²) in [6.45, 7) is 7.21. The maximum Gasteiger partial charge on any atom is -0.0200 e. The summed E-state index contributed by atoms with van der Waals surface area (Å²) in [4.78, 5) is 0. The van der Waals surface area contributed by atoms with E-state index >= 15 is 0 Å². The molecule has 0 aromatic carbocycles. The molecule has 0 aromatic rings. The van der Waals surface area contributed by atoms with Crippen molar-refractivity contribution < 1.29 is 0 Å². The fourth-order valence-corrected chi connectivity index (χ4v) is 2.99. The van der Waals surface area contributed by atoms with Gasteiger partial charge in [-0.2, -0.15) is 0 Å². The second-order valence-corrected chi connectivity index (χ2v) is 5.39. The van der Waals surface area contributed by atoms with Gasteiger partial charge < -0.3 is 0 Å². The first-order valence-electron chi connectivity index (χ1n) is 5.87. The molecule has 2 aliphatic carbocycles. The van der Waals surface area contributed by atoms with Gasteiger partial charge in [-0.1, -0.05) is 32.4 Å². The molecule has 0 N–H and O–H groups in total. The van der Waals surface area contributed by atoms with Crippen LogP contribution in [0.25, 0.3) is 0 Å². The summed E-state index contributed by atoms with van der Waals surface area (Å²) in [6.07, 6.45) is 8.30. The van der Waals surface area contributed by atoms with Crippen LogP contribution in [0.15, 0.2) is 11.6 Å². The predicted molar refractivity (Wildman–Crippen MR) is 57.5 cm³/mol. The van der Waals surface area contributed by atoms with E-state index in [0.717, 1.165) is 23.7 Å². The van der Waals surface area contributed by atoms with Crippen LogP contribution in [-0.2, 0) is 0 Å². The Labute approximate surface area is 82.4 Å². The molecule has 0 radical (unpaired) electrons. The monoisotopic (exact) mass is 178 g/mol. The van der Waals surface area contributed by atoms with Gasteiger partial charge in [-0.05, 0) is 49.4 Å². The van der Waals surface area contributed by atoms with Crippen molar-refractivity contribution in [2.45, 2.75) is 46.5 Å². The molecule has 74 valence electrons. The summed E-state index contributed by atoms with van der Waals surface area (Å²) in [5.74, 6) is 3.69. The van der Waals surface area contributed by atoms with Crippen molar-refractivity contribution in [2.75, 3.05) is 0 Å². The van der Waals surface area contributed by atoms with Crippen molar-refractivity contribution in [1.29, 1.82) is 0 Å². The van der Waals surface area contributed by atoms with E-state index in [4.69, 9.17) is 0 Å². The van der Waals surface area contributed by atoms with Gasteiger partial charge in [-0.25, -0.2) is 0 Å². The van der Waals surface area contributed by atoms with E-state index < -0.39 is 0 Å². The molecule has 13 heavy (non-hydrogen) atoms. The minimum absolute atomic E-state index is 0.854. The lowest BCUT2D eigenvalue weighted by Gasteiger charge is -2.38. The summed E-state index contributed by atoms with van der Waals surface area (Å²) in [7, 11) is 0. The highest BCUT2D eigenvalue weighted by Gasteiger charge is 2.30. The van der Waals surface area contributed by atoms with Crippen LogP contribution in [0.5, 0.6) is 0 Å². The third-order valence-corrected chi connectivity index (χ3v) is 4.18. The van der Waals surface area contributed by atoms with E-state index in [1.54, 1.807) is 5.57 Å². The fourth-order valence-electron chi connectivity index (χ4n) is 2.99. The van der Waals surface area contributed by atoms with Crippen molar-refractivity contribution in [1.82, 2.24) is 0 Å². The molecule has 2 rings (SSSR count). The van der Waals surface area contributed by atoms with Gasteiger partial charge >= 0.3 is 0 Å². The van der Waals surface area contributed by atoms with Crippen molar-refractivity contribution in [3.8, 4) is 0 Å². The topological polar surface area (TPSA) is 0 Å². The van der Waals surface area contributed by atoms with Crippen LogP contribution in [0.2, 0.25) is 0 Å². The van der Waals surface area contributed by atoms with E-state index in [-0.39, 0.29) is 0 Å². The summed E-state index contributed by atoms with van der Waals surface area (Å²) < 4.78 is 0. The Bertz CT molecular complexity index is 214. The molecule has 0 aliphatic heterocycles. The Morgan fingerprint density at radius 1 is 1.08 bits per heavy atom. The number of hydrogen-bond acceptors (Lipinski definition) is 0. The lowest BCUT2D eigenvalue weighted by molar-refractivity contribution is 0.241. The second-order valence-electron chi connectivity index (χ2n) is 5.39. The van der Waals surface area contributed by atoms with Crippen LogP contribution >= 0.6 is 0 Å². The van der Waals surface area contributed by atoms with Crippen LogP contribution < -0.4 is 0 Å². The summed E-state index contributed by atoms with van der Waals surface area (Å²) in [5, 5.41) is 0. The lowest BCUT2D eigenvalue weighted by atomic mass is 9.68. The molecule has 0 nitrogen and oxygen atoms in total. The Balaban J connectivity index is 2.12. The Morgan fingerprint density at radius 3 is 2.62 bits per heavy atom. The first-order valence-corrected chi connectivity index (χ1v) is 5.87.